The van der Waals surface area contributed by atoms with Gasteiger partial charge >= 0.3 is 6.03 Å². The summed E-state index contributed by atoms with van der Waals surface area (Å²) < 4.78 is 13.8. The molecular weight excluding hydrogens is 363 g/mol. The van der Waals surface area contributed by atoms with E-state index >= 15 is 0 Å². The van der Waals surface area contributed by atoms with Gasteiger partial charge in [0, 0.05) is 31.4 Å². The third-order valence-electron chi connectivity index (χ3n) is 5.73. The molecule has 3 atom stereocenters. The van der Waals surface area contributed by atoms with Crippen molar-refractivity contribution >= 4 is 17.6 Å². The maximum absolute atomic E-state index is 13.8. The van der Waals surface area contributed by atoms with Crippen LogP contribution in [0.2, 0.25) is 0 Å². The summed E-state index contributed by atoms with van der Waals surface area (Å²) in [6, 6.07) is 3.25. The highest BCUT2D eigenvalue weighted by molar-refractivity contribution is 5.98. The molecule has 2 heterocycles. The highest BCUT2D eigenvalue weighted by atomic mass is 19.1. The first-order chi connectivity index (χ1) is 13.4. The normalized spacial score (nSPS) is 23.7. The van der Waals surface area contributed by atoms with Gasteiger partial charge in [-0.05, 0) is 36.1 Å². The van der Waals surface area contributed by atoms with E-state index in [2.05, 4.69) is 15.5 Å². The lowest BCUT2D eigenvalue weighted by atomic mass is 9.97. The number of halogens is 1. The van der Waals surface area contributed by atoms with Crippen molar-refractivity contribution in [3.63, 3.8) is 0 Å². The number of urea groups is 1. The molecule has 8 heteroatoms. The minimum absolute atomic E-state index is 0.0325. The first kappa shape index (κ1) is 20.5. The predicted octanol–water partition coefficient (Wildman–Crippen LogP) is 1.77. The molecule has 0 radical (unpaired) electrons. The topological polar surface area (TPSA) is 84.9 Å². The summed E-state index contributed by atoms with van der Waals surface area (Å²) in [5.41, 5.74) is 1.13. The maximum Gasteiger partial charge on any atom is 0.318 e. The van der Waals surface area contributed by atoms with E-state index in [1.54, 1.807) is 6.07 Å². The monoisotopic (exact) mass is 392 g/mol. The zero-order chi connectivity index (χ0) is 20.3. The SMILES string of the molecule is CCC(C)C1C(=O)Nc2ccc(F)cc2CN1C(=O)NC1CCN(CCO)C1. The summed E-state index contributed by atoms with van der Waals surface area (Å²) in [4.78, 5) is 29.6. The van der Waals surface area contributed by atoms with Crippen molar-refractivity contribution in [1.29, 1.82) is 0 Å². The molecule has 0 saturated carbocycles. The van der Waals surface area contributed by atoms with E-state index in [0.29, 0.717) is 24.3 Å². The number of anilines is 1. The fraction of sp³-hybridized carbons (Fsp3) is 0.600. The molecule has 0 aromatic heterocycles. The number of aliphatic hydroxyl groups excluding tert-OH is 1. The molecule has 1 aromatic carbocycles. The van der Waals surface area contributed by atoms with Crippen LogP contribution in [0.3, 0.4) is 0 Å². The Kier molecular flexibility index (Phi) is 6.51. The van der Waals surface area contributed by atoms with Gasteiger partial charge in [0.2, 0.25) is 5.91 Å². The second kappa shape index (κ2) is 8.87. The smallest absolute Gasteiger partial charge is 0.318 e. The molecule has 2 aliphatic heterocycles. The van der Waals surface area contributed by atoms with Gasteiger partial charge in [-0.15, -0.1) is 0 Å². The Morgan fingerprint density at radius 2 is 2.25 bits per heavy atom. The fourth-order valence-electron chi connectivity index (χ4n) is 3.98. The number of nitrogens with one attached hydrogen (secondary N) is 2. The van der Waals surface area contributed by atoms with Gasteiger partial charge in [0.1, 0.15) is 11.9 Å². The van der Waals surface area contributed by atoms with Crippen LogP contribution >= 0.6 is 0 Å². The summed E-state index contributed by atoms with van der Waals surface area (Å²) in [6.45, 7) is 6.25. The van der Waals surface area contributed by atoms with Crippen molar-refractivity contribution < 1.29 is 19.1 Å². The molecule has 3 unspecified atom stereocenters. The molecule has 2 aliphatic rings. The Morgan fingerprint density at radius 1 is 1.46 bits per heavy atom. The van der Waals surface area contributed by atoms with Crippen LogP contribution in [0.5, 0.6) is 0 Å². The Hall–Kier alpha value is -2.19. The summed E-state index contributed by atoms with van der Waals surface area (Å²) in [7, 11) is 0. The minimum Gasteiger partial charge on any atom is -0.395 e. The number of likely N-dealkylation sites (tertiary alicyclic amines) is 1. The van der Waals surface area contributed by atoms with Gasteiger partial charge in [0.25, 0.3) is 0 Å². The van der Waals surface area contributed by atoms with Gasteiger partial charge in [-0.25, -0.2) is 9.18 Å². The second-order valence-corrected chi connectivity index (χ2v) is 7.71. The zero-order valence-electron chi connectivity index (χ0n) is 16.4. The molecule has 0 bridgehead atoms. The van der Waals surface area contributed by atoms with E-state index in [4.69, 9.17) is 5.11 Å². The quantitative estimate of drug-likeness (QED) is 0.713. The average Bonchev–Trinajstić information content (AvgIpc) is 3.03. The zero-order valence-corrected chi connectivity index (χ0v) is 16.4. The molecule has 3 amide bonds. The lowest BCUT2D eigenvalue weighted by molar-refractivity contribution is -0.121. The van der Waals surface area contributed by atoms with Crippen LogP contribution in [-0.2, 0) is 11.3 Å². The van der Waals surface area contributed by atoms with Crippen molar-refractivity contribution in [1.82, 2.24) is 15.1 Å². The Balaban J connectivity index is 1.81. The van der Waals surface area contributed by atoms with Crippen molar-refractivity contribution in [2.75, 3.05) is 31.6 Å². The van der Waals surface area contributed by atoms with E-state index < -0.39 is 11.9 Å². The number of aliphatic hydroxyl groups is 1. The number of carbonyl (C=O) groups is 2. The maximum atomic E-state index is 13.8. The van der Waals surface area contributed by atoms with Gasteiger partial charge in [-0.1, -0.05) is 20.3 Å². The van der Waals surface area contributed by atoms with E-state index in [1.807, 2.05) is 13.8 Å². The summed E-state index contributed by atoms with van der Waals surface area (Å²) in [5.74, 6) is -0.687. The van der Waals surface area contributed by atoms with Crippen LogP contribution in [0.1, 0.15) is 32.3 Å². The van der Waals surface area contributed by atoms with Crippen LogP contribution in [0, 0.1) is 11.7 Å². The molecule has 7 nitrogen and oxygen atoms in total. The number of carbonyl (C=O) groups excluding carboxylic acids is 2. The van der Waals surface area contributed by atoms with Crippen LogP contribution in [0.25, 0.3) is 0 Å². The molecule has 3 N–H and O–H groups in total. The summed E-state index contributed by atoms with van der Waals surface area (Å²) in [6.07, 6.45) is 1.53. The van der Waals surface area contributed by atoms with Gasteiger partial charge in [-0.2, -0.15) is 0 Å². The molecule has 3 rings (SSSR count). The number of hydrogen-bond donors (Lipinski definition) is 3. The number of hydrogen-bond acceptors (Lipinski definition) is 4. The molecule has 0 spiro atoms. The predicted molar refractivity (Wildman–Crippen MR) is 104 cm³/mol. The molecule has 1 fully saturated rings. The average molecular weight is 392 g/mol. The second-order valence-electron chi connectivity index (χ2n) is 7.71. The van der Waals surface area contributed by atoms with Crippen LogP contribution in [0.4, 0.5) is 14.9 Å². The summed E-state index contributed by atoms with van der Waals surface area (Å²) >= 11 is 0. The Labute approximate surface area is 164 Å². The number of β-amino-alcohol motifs (C(OH)–C–C–N with tert-alkyl or cyclic N) is 1. The fourth-order valence-corrected chi connectivity index (χ4v) is 3.98. The van der Waals surface area contributed by atoms with Crippen molar-refractivity contribution in [2.45, 2.75) is 45.3 Å². The molecule has 28 heavy (non-hydrogen) atoms. The lowest BCUT2D eigenvalue weighted by Gasteiger charge is -2.33. The molecule has 1 aromatic rings. The van der Waals surface area contributed by atoms with E-state index in [1.165, 1.54) is 17.0 Å². The molecule has 154 valence electrons. The number of amides is 3. The third kappa shape index (κ3) is 4.44. The van der Waals surface area contributed by atoms with E-state index in [0.717, 1.165) is 19.4 Å². The number of fused-ring (bicyclic) bond motifs is 1. The van der Waals surface area contributed by atoms with Crippen molar-refractivity contribution in [3.05, 3.63) is 29.6 Å². The molecular formula is C20H29FN4O3. The van der Waals surface area contributed by atoms with Crippen LogP contribution in [0.15, 0.2) is 18.2 Å². The minimum atomic E-state index is -0.629. The number of nitrogens with zero attached hydrogens (tertiary/aromatic N) is 2. The first-order valence-corrected chi connectivity index (χ1v) is 9.92. The number of rotatable bonds is 5. The van der Waals surface area contributed by atoms with Crippen LogP contribution in [-0.4, -0.2) is 65.2 Å². The lowest BCUT2D eigenvalue weighted by Crippen LogP contribution is -2.54. The van der Waals surface area contributed by atoms with E-state index in [-0.39, 0.29) is 37.0 Å². The third-order valence-corrected chi connectivity index (χ3v) is 5.73. The first-order valence-electron chi connectivity index (χ1n) is 9.92. The summed E-state index contributed by atoms with van der Waals surface area (Å²) in [5, 5.41) is 15.0. The molecule has 1 saturated heterocycles. The van der Waals surface area contributed by atoms with Crippen molar-refractivity contribution in [2.24, 2.45) is 5.92 Å². The highest BCUT2D eigenvalue weighted by Gasteiger charge is 2.38. The van der Waals surface area contributed by atoms with Gasteiger partial charge in [-0.3, -0.25) is 9.69 Å². The van der Waals surface area contributed by atoms with Crippen LogP contribution < -0.4 is 10.6 Å². The molecule has 0 aliphatic carbocycles. The Bertz CT molecular complexity index is 729. The number of benzene rings is 1. The van der Waals surface area contributed by atoms with Gasteiger partial charge in [0.15, 0.2) is 0 Å². The largest absolute Gasteiger partial charge is 0.395 e. The van der Waals surface area contributed by atoms with Gasteiger partial charge < -0.3 is 20.6 Å². The van der Waals surface area contributed by atoms with Crippen molar-refractivity contribution in [3.8, 4) is 0 Å². The highest BCUT2D eigenvalue weighted by Crippen LogP contribution is 2.28. The Morgan fingerprint density at radius 3 is 2.96 bits per heavy atom. The van der Waals surface area contributed by atoms with Gasteiger partial charge in [0.05, 0.1) is 13.2 Å². The van der Waals surface area contributed by atoms with E-state index in [9.17, 15) is 14.0 Å². The standard InChI is InChI=1S/C20H29FN4O3/c1-3-13(2)18-19(27)23-17-5-4-15(21)10-14(17)11-25(18)20(28)22-16-6-7-24(12-16)8-9-26/h4-5,10,13,16,18,26H,3,6-9,11-12H2,1-2H3,(H,22,28)(H,23,27).